The van der Waals surface area contributed by atoms with Gasteiger partial charge in [0.15, 0.2) is 11.6 Å². The molecule has 0 spiro atoms. The van der Waals surface area contributed by atoms with Gasteiger partial charge in [-0.05, 0) is 52.5 Å². The molecule has 0 saturated carbocycles. The molecule has 4 N–H and O–H groups in total. The summed E-state index contributed by atoms with van der Waals surface area (Å²) >= 11 is 0. The summed E-state index contributed by atoms with van der Waals surface area (Å²) in [6.07, 6.45) is 0.612. The van der Waals surface area contributed by atoms with Gasteiger partial charge >= 0.3 is 0 Å². The second kappa shape index (κ2) is 18.4. The maximum Gasteiger partial charge on any atom is 0.243 e. The van der Waals surface area contributed by atoms with Gasteiger partial charge in [0.25, 0.3) is 0 Å². The lowest BCUT2D eigenvalue weighted by molar-refractivity contribution is -0.133. The van der Waals surface area contributed by atoms with Crippen LogP contribution in [0.3, 0.4) is 0 Å². The minimum Gasteiger partial charge on any atom is -0.353 e. The summed E-state index contributed by atoms with van der Waals surface area (Å²) in [5, 5.41) is 20.3. The lowest BCUT2D eigenvalue weighted by atomic mass is 10.0. The zero-order valence-corrected chi connectivity index (χ0v) is 31.7. The van der Waals surface area contributed by atoms with Gasteiger partial charge in [0, 0.05) is 51.1 Å². The number of ketones is 1. The van der Waals surface area contributed by atoms with Crippen molar-refractivity contribution < 1.29 is 28.8 Å². The Morgan fingerprint density at radius 1 is 0.925 bits per heavy atom. The van der Waals surface area contributed by atoms with Gasteiger partial charge in [0.2, 0.25) is 29.5 Å². The van der Waals surface area contributed by atoms with Crippen LogP contribution in [0.2, 0.25) is 0 Å². The molecule has 5 amide bonds. The first-order valence-corrected chi connectivity index (χ1v) is 18.1. The molecule has 0 bridgehead atoms. The number of amides is 5. The van der Waals surface area contributed by atoms with Crippen LogP contribution in [-0.4, -0.2) is 96.5 Å². The number of nitrogens with one attached hydrogen (secondary N) is 4. The largest absolute Gasteiger partial charge is 0.353 e. The fraction of sp³-hybridized carbons (Fsp3) is 0.541. The first kappa shape index (κ1) is 40.4. The minimum absolute atomic E-state index is 0.0333. The molecule has 0 unspecified atom stereocenters. The molecule has 3 heterocycles. The van der Waals surface area contributed by atoms with Gasteiger partial charge in [-0.2, -0.15) is 10.2 Å². The summed E-state index contributed by atoms with van der Waals surface area (Å²) in [5.41, 5.74) is 2.65. The van der Waals surface area contributed by atoms with E-state index in [4.69, 9.17) is 0 Å². The minimum atomic E-state index is -0.986. The van der Waals surface area contributed by atoms with Crippen LogP contribution in [0.5, 0.6) is 0 Å². The average molecular weight is 733 g/mol. The molecule has 16 heteroatoms. The summed E-state index contributed by atoms with van der Waals surface area (Å²) in [4.78, 5) is 85.2. The summed E-state index contributed by atoms with van der Waals surface area (Å²) in [5.74, 6) is -1.41. The van der Waals surface area contributed by atoms with Crippen molar-refractivity contribution in [2.24, 2.45) is 5.92 Å². The Hall–Kier alpha value is -5.41. The maximum absolute atomic E-state index is 13.9. The van der Waals surface area contributed by atoms with E-state index >= 15 is 0 Å². The third-order valence-corrected chi connectivity index (χ3v) is 9.19. The highest BCUT2D eigenvalue weighted by molar-refractivity contribution is 5.96. The Morgan fingerprint density at radius 2 is 1.64 bits per heavy atom. The second-order valence-electron chi connectivity index (χ2n) is 13.9. The van der Waals surface area contributed by atoms with Crippen molar-refractivity contribution in [3.8, 4) is 0 Å². The number of fused-ring (bicyclic) bond motifs is 1. The Kier molecular flexibility index (Phi) is 14.0. The highest BCUT2D eigenvalue weighted by Crippen LogP contribution is 2.21. The Morgan fingerprint density at radius 3 is 2.30 bits per heavy atom. The number of rotatable bonds is 7. The number of benzene rings is 1. The van der Waals surface area contributed by atoms with E-state index in [2.05, 4.69) is 36.4 Å². The third kappa shape index (κ3) is 11.0. The van der Waals surface area contributed by atoms with Gasteiger partial charge in [-0.25, -0.2) is 9.67 Å². The molecule has 0 radical (unpaired) electrons. The van der Waals surface area contributed by atoms with Crippen LogP contribution in [-0.2, 0) is 43.5 Å². The van der Waals surface area contributed by atoms with Gasteiger partial charge in [-0.1, -0.05) is 44.2 Å². The molecule has 1 aromatic carbocycles. The van der Waals surface area contributed by atoms with Gasteiger partial charge in [-0.15, -0.1) is 0 Å². The summed E-state index contributed by atoms with van der Waals surface area (Å²) in [6, 6.07) is 6.68. The number of aryl methyl sites for hydroxylation is 3. The third-order valence-electron chi connectivity index (χ3n) is 9.19. The van der Waals surface area contributed by atoms with E-state index in [1.54, 1.807) is 37.3 Å². The number of aromatic nitrogens is 5. The predicted molar refractivity (Wildman–Crippen MR) is 195 cm³/mol. The molecule has 0 aliphatic carbocycles. The molecule has 0 fully saturated rings. The number of Topliss-reactive ketones (excluding diaryl/α,β-unsaturated/α-hetero) is 1. The Labute approximate surface area is 309 Å². The smallest absolute Gasteiger partial charge is 0.243 e. The van der Waals surface area contributed by atoms with Gasteiger partial charge < -0.3 is 26.2 Å². The molecular weight excluding hydrogens is 680 g/mol. The molecule has 3 atom stereocenters. The first-order chi connectivity index (χ1) is 25.1. The molecule has 2 aromatic heterocycles. The van der Waals surface area contributed by atoms with Gasteiger partial charge in [0.05, 0.1) is 17.3 Å². The molecule has 1 aliphatic heterocycles. The molecule has 16 nitrogen and oxygen atoms in total. The monoisotopic (exact) mass is 732 g/mol. The number of carbonyl (C=O) groups is 6. The quantitative estimate of drug-likeness (QED) is 0.260. The van der Waals surface area contributed by atoms with Crippen LogP contribution >= 0.6 is 0 Å². The van der Waals surface area contributed by atoms with Crippen LogP contribution < -0.4 is 21.3 Å². The second-order valence-corrected chi connectivity index (χ2v) is 13.9. The normalized spacial score (nSPS) is 19.8. The molecule has 53 heavy (non-hydrogen) atoms. The number of hydrogen-bond donors (Lipinski definition) is 4. The van der Waals surface area contributed by atoms with E-state index in [1.165, 1.54) is 11.6 Å². The van der Waals surface area contributed by atoms with Crippen LogP contribution in [0.1, 0.15) is 92.0 Å². The van der Waals surface area contributed by atoms with E-state index in [9.17, 15) is 28.8 Å². The van der Waals surface area contributed by atoms with Crippen LogP contribution in [0.4, 0.5) is 0 Å². The van der Waals surface area contributed by atoms with Crippen molar-refractivity contribution in [2.45, 2.75) is 105 Å². The molecular formula is C37H52N10O6. The zero-order valence-electron chi connectivity index (χ0n) is 31.7. The van der Waals surface area contributed by atoms with E-state index in [0.29, 0.717) is 35.0 Å². The SMILES string of the molecule is CC(=O)c1c(C)nn(CCC(=O)N2CCCC(=O)N[C@@H](C)C(=O)N[C@H](Cc3ccccc3)C(=O)N[C@@H](C(C)C)c3nc(C)nn3CC(=O)NCC2)c1C. The van der Waals surface area contributed by atoms with Crippen molar-refractivity contribution in [1.82, 2.24) is 50.7 Å². The molecule has 3 aromatic rings. The van der Waals surface area contributed by atoms with Crippen LogP contribution in [0.25, 0.3) is 0 Å². The van der Waals surface area contributed by atoms with E-state index < -0.39 is 29.9 Å². The predicted octanol–water partition coefficient (Wildman–Crippen LogP) is 1.48. The van der Waals surface area contributed by atoms with Crippen molar-refractivity contribution in [1.29, 1.82) is 0 Å². The van der Waals surface area contributed by atoms with Gasteiger partial charge in [-0.3, -0.25) is 33.4 Å². The Bertz CT molecular complexity index is 1800. The number of carbonyl (C=O) groups excluding carboxylic acids is 6. The highest BCUT2D eigenvalue weighted by Gasteiger charge is 2.31. The molecule has 0 saturated heterocycles. The summed E-state index contributed by atoms with van der Waals surface area (Å²) < 4.78 is 3.11. The number of nitrogens with zero attached hydrogens (tertiary/aromatic N) is 6. The lowest BCUT2D eigenvalue weighted by Gasteiger charge is -2.27. The van der Waals surface area contributed by atoms with E-state index in [1.807, 2.05) is 44.2 Å². The van der Waals surface area contributed by atoms with Crippen molar-refractivity contribution in [3.63, 3.8) is 0 Å². The van der Waals surface area contributed by atoms with Crippen molar-refractivity contribution >= 4 is 35.3 Å². The summed E-state index contributed by atoms with van der Waals surface area (Å²) in [7, 11) is 0. The van der Waals surface area contributed by atoms with E-state index in [-0.39, 0.29) is 81.4 Å². The molecule has 4 rings (SSSR count). The summed E-state index contributed by atoms with van der Waals surface area (Å²) in [6.45, 7) is 12.7. The van der Waals surface area contributed by atoms with Crippen LogP contribution in [0, 0.1) is 26.7 Å². The molecule has 286 valence electrons. The Balaban J connectivity index is 1.57. The topological polar surface area (TPSA) is 202 Å². The van der Waals surface area contributed by atoms with E-state index in [0.717, 1.165) is 5.56 Å². The maximum atomic E-state index is 13.9. The number of hydrogen-bond acceptors (Lipinski definition) is 9. The van der Waals surface area contributed by atoms with Crippen LogP contribution in [0.15, 0.2) is 30.3 Å². The highest BCUT2D eigenvalue weighted by atomic mass is 16.2. The average Bonchev–Trinajstić information content (AvgIpc) is 3.60. The van der Waals surface area contributed by atoms with Gasteiger partial charge in [0.1, 0.15) is 24.5 Å². The van der Waals surface area contributed by atoms with Crippen molar-refractivity contribution in [2.75, 3.05) is 19.6 Å². The standard InChI is InChI=1S/C37H52N10O6/c1-22(2)34-35-40-27(7)44-47(35)21-31(50)38-16-19-45(32(51)15-18-46-25(5)33(26(6)48)23(3)43-46)17-11-14-30(49)39-24(4)36(52)41-29(37(53)42-34)20-28-12-9-8-10-13-28/h8-10,12-13,22,24,29,34H,11,14-21H2,1-7H3,(H,38,50)(H,39,49)(H,41,52)(H,42,53)/t24-,29+,34-/m0/s1. The molecule has 1 aliphatic rings. The first-order valence-electron chi connectivity index (χ1n) is 18.1. The zero-order chi connectivity index (χ0) is 38.8. The fourth-order valence-electron chi connectivity index (χ4n) is 6.43. The lowest BCUT2D eigenvalue weighted by Crippen LogP contribution is -2.54. The fourth-order valence-corrected chi connectivity index (χ4v) is 6.43. The van der Waals surface area contributed by atoms with Crippen molar-refractivity contribution in [3.05, 3.63) is 64.5 Å².